The topological polar surface area (TPSA) is 55.1 Å². The van der Waals surface area contributed by atoms with Crippen molar-refractivity contribution in [2.45, 2.75) is 50.4 Å². The Bertz CT molecular complexity index is 496. The van der Waals surface area contributed by atoms with Gasteiger partial charge in [-0.25, -0.2) is 0 Å². The lowest BCUT2D eigenvalue weighted by Crippen LogP contribution is -2.41. The van der Waals surface area contributed by atoms with E-state index in [0.717, 1.165) is 44.2 Å². The van der Waals surface area contributed by atoms with Crippen molar-refractivity contribution in [3.05, 3.63) is 35.4 Å². The standard InChI is InChI=1S/C15H19F3N2O/c16-15(17,18)11-6-4-5-10(9-11)13(14(19)21)20-12-7-2-1-3-8-12/h4-6,9,12-13,20H,1-3,7-8H2,(H2,19,21). The SMILES string of the molecule is NC(=O)C(NC1CCCCC1)c1cccc(C(F)(F)F)c1. The third-order valence-corrected chi connectivity index (χ3v) is 3.84. The van der Waals surface area contributed by atoms with Crippen LogP contribution in [0.3, 0.4) is 0 Å². The number of nitrogens with two attached hydrogens (primary N) is 1. The third-order valence-electron chi connectivity index (χ3n) is 3.84. The van der Waals surface area contributed by atoms with Gasteiger partial charge < -0.3 is 5.73 Å². The molecule has 0 saturated heterocycles. The van der Waals surface area contributed by atoms with Gasteiger partial charge in [-0.05, 0) is 30.5 Å². The number of hydrogen-bond acceptors (Lipinski definition) is 2. The van der Waals surface area contributed by atoms with Crippen molar-refractivity contribution in [1.82, 2.24) is 5.32 Å². The minimum atomic E-state index is -4.43. The maximum absolute atomic E-state index is 12.8. The number of alkyl halides is 3. The maximum Gasteiger partial charge on any atom is 0.416 e. The summed E-state index contributed by atoms with van der Waals surface area (Å²) in [7, 11) is 0. The van der Waals surface area contributed by atoms with Crippen LogP contribution in [0, 0.1) is 0 Å². The Morgan fingerprint density at radius 3 is 2.48 bits per heavy atom. The highest BCUT2D eigenvalue weighted by Crippen LogP contribution is 2.31. The van der Waals surface area contributed by atoms with Crippen molar-refractivity contribution in [2.75, 3.05) is 0 Å². The highest BCUT2D eigenvalue weighted by atomic mass is 19.4. The molecule has 6 heteroatoms. The van der Waals surface area contributed by atoms with E-state index in [0.29, 0.717) is 0 Å². The third kappa shape index (κ3) is 4.20. The number of carbonyl (C=O) groups excluding carboxylic acids is 1. The first kappa shape index (κ1) is 15.8. The van der Waals surface area contributed by atoms with Crippen LogP contribution < -0.4 is 11.1 Å². The number of halogens is 3. The molecule has 3 nitrogen and oxygen atoms in total. The van der Waals surface area contributed by atoms with E-state index in [1.807, 2.05) is 0 Å². The Hall–Kier alpha value is -1.56. The number of rotatable bonds is 4. The van der Waals surface area contributed by atoms with Crippen LogP contribution in [-0.4, -0.2) is 11.9 Å². The highest BCUT2D eigenvalue weighted by Gasteiger charge is 2.32. The highest BCUT2D eigenvalue weighted by molar-refractivity contribution is 5.81. The molecule has 0 spiro atoms. The van der Waals surface area contributed by atoms with Crippen LogP contribution in [0.25, 0.3) is 0 Å². The summed E-state index contributed by atoms with van der Waals surface area (Å²) >= 11 is 0. The van der Waals surface area contributed by atoms with Gasteiger partial charge in [-0.2, -0.15) is 13.2 Å². The van der Waals surface area contributed by atoms with E-state index < -0.39 is 23.7 Å². The summed E-state index contributed by atoms with van der Waals surface area (Å²) in [4.78, 5) is 11.6. The zero-order valence-electron chi connectivity index (χ0n) is 11.6. The molecule has 1 aliphatic carbocycles. The fourth-order valence-electron chi connectivity index (χ4n) is 2.74. The molecule has 0 aliphatic heterocycles. The molecule has 0 radical (unpaired) electrons. The molecule has 2 rings (SSSR count). The minimum absolute atomic E-state index is 0.130. The average molecular weight is 300 g/mol. The Morgan fingerprint density at radius 1 is 1.24 bits per heavy atom. The molecule has 0 bridgehead atoms. The van der Waals surface area contributed by atoms with Gasteiger partial charge in [0.05, 0.1) is 5.56 Å². The number of benzene rings is 1. The molecule has 1 atom stereocenters. The van der Waals surface area contributed by atoms with Crippen molar-refractivity contribution >= 4 is 5.91 Å². The number of carbonyl (C=O) groups is 1. The summed E-state index contributed by atoms with van der Waals surface area (Å²) in [6, 6.07) is 4.03. The van der Waals surface area contributed by atoms with E-state index in [1.54, 1.807) is 0 Å². The number of nitrogens with one attached hydrogen (secondary N) is 1. The fraction of sp³-hybridized carbons (Fsp3) is 0.533. The van der Waals surface area contributed by atoms with E-state index >= 15 is 0 Å². The summed E-state index contributed by atoms with van der Waals surface area (Å²) in [6.07, 6.45) is 0.689. The second-order valence-corrected chi connectivity index (χ2v) is 5.46. The Labute approximate surface area is 121 Å². The van der Waals surface area contributed by atoms with Gasteiger partial charge in [0.25, 0.3) is 0 Å². The lowest BCUT2D eigenvalue weighted by Gasteiger charge is -2.27. The maximum atomic E-state index is 12.8. The molecular formula is C15H19F3N2O. The van der Waals surface area contributed by atoms with Gasteiger partial charge in [0.1, 0.15) is 6.04 Å². The van der Waals surface area contributed by atoms with Crippen LogP contribution in [0.2, 0.25) is 0 Å². The van der Waals surface area contributed by atoms with Gasteiger partial charge in [0.2, 0.25) is 5.91 Å². The van der Waals surface area contributed by atoms with Gasteiger partial charge in [0, 0.05) is 6.04 Å². The second-order valence-electron chi connectivity index (χ2n) is 5.46. The average Bonchev–Trinajstić information content (AvgIpc) is 2.45. The first-order valence-electron chi connectivity index (χ1n) is 7.10. The Morgan fingerprint density at radius 2 is 1.90 bits per heavy atom. The number of amides is 1. The van der Waals surface area contributed by atoms with Crippen molar-refractivity contribution < 1.29 is 18.0 Å². The zero-order valence-corrected chi connectivity index (χ0v) is 11.6. The normalized spacial score (nSPS) is 18.4. The number of primary amides is 1. The summed E-state index contributed by atoms with van der Waals surface area (Å²) in [5.74, 6) is -0.653. The molecule has 1 saturated carbocycles. The quantitative estimate of drug-likeness (QED) is 0.897. The molecule has 1 aliphatic rings. The molecule has 21 heavy (non-hydrogen) atoms. The minimum Gasteiger partial charge on any atom is -0.368 e. The van der Waals surface area contributed by atoms with Crippen LogP contribution in [-0.2, 0) is 11.0 Å². The zero-order chi connectivity index (χ0) is 15.5. The van der Waals surface area contributed by atoms with E-state index in [4.69, 9.17) is 5.73 Å². The smallest absolute Gasteiger partial charge is 0.368 e. The fourth-order valence-corrected chi connectivity index (χ4v) is 2.74. The lowest BCUT2D eigenvalue weighted by atomic mass is 9.93. The van der Waals surface area contributed by atoms with Gasteiger partial charge in [0.15, 0.2) is 0 Å². The van der Waals surface area contributed by atoms with Crippen LogP contribution >= 0.6 is 0 Å². The van der Waals surface area contributed by atoms with Crippen LogP contribution in [0.4, 0.5) is 13.2 Å². The van der Waals surface area contributed by atoms with Crippen LogP contribution in [0.15, 0.2) is 24.3 Å². The van der Waals surface area contributed by atoms with Gasteiger partial charge in [-0.3, -0.25) is 10.1 Å². The molecule has 3 N–H and O–H groups in total. The predicted molar refractivity (Wildman–Crippen MR) is 73.4 cm³/mol. The Kier molecular flexibility index (Phi) is 4.88. The van der Waals surface area contributed by atoms with E-state index in [1.165, 1.54) is 12.1 Å². The molecule has 0 aromatic heterocycles. The monoisotopic (exact) mass is 300 g/mol. The first-order valence-corrected chi connectivity index (χ1v) is 7.10. The van der Waals surface area contributed by atoms with Crippen molar-refractivity contribution in [3.8, 4) is 0 Å². The van der Waals surface area contributed by atoms with Crippen molar-refractivity contribution in [2.24, 2.45) is 5.73 Å². The second kappa shape index (κ2) is 6.47. The van der Waals surface area contributed by atoms with Crippen LogP contribution in [0.1, 0.15) is 49.3 Å². The van der Waals surface area contributed by atoms with Crippen LogP contribution in [0.5, 0.6) is 0 Å². The van der Waals surface area contributed by atoms with E-state index in [9.17, 15) is 18.0 Å². The molecular weight excluding hydrogens is 281 g/mol. The van der Waals surface area contributed by atoms with E-state index in [2.05, 4.69) is 5.32 Å². The summed E-state index contributed by atoms with van der Waals surface area (Å²) < 4.78 is 38.3. The molecule has 0 heterocycles. The van der Waals surface area contributed by atoms with Crippen molar-refractivity contribution in [3.63, 3.8) is 0 Å². The molecule has 116 valence electrons. The van der Waals surface area contributed by atoms with Gasteiger partial charge >= 0.3 is 6.18 Å². The molecule has 1 unspecified atom stereocenters. The summed E-state index contributed by atoms with van der Waals surface area (Å²) in [5, 5.41) is 3.11. The van der Waals surface area contributed by atoms with Gasteiger partial charge in [-0.15, -0.1) is 0 Å². The molecule has 1 fully saturated rings. The number of hydrogen-bond donors (Lipinski definition) is 2. The first-order chi connectivity index (χ1) is 9.88. The summed E-state index contributed by atoms with van der Waals surface area (Å²) in [6.45, 7) is 0. The van der Waals surface area contributed by atoms with Gasteiger partial charge in [-0.1, -0.05) is 31.4 Å². The predicted octanol–water partition coefficient (Wildman–Crippen LogP) is 3.15. The molecule has 1 amide bonds. The van der Waals surface area contributed by atoms with E-state index in [-0.39, 0.29) is 11.6 Å². The molecule has 1 aromatic rings. The van der Waals surface area contributed by atoms with Crippen molar-refractivity contribution in [1.29, 1.82) is 0 Å². The Balaban J connectivity index is 2.19. The summed E-state index contributed by atoms with van der Waals surface area (Å²) in [5.41, 5.74) is 4.86. The molecule has 1 aromatic carbocycles. The lowest BCUT2D eigenvalue weighted by molar-refractivity contribution is -0.137. The largest absolute Gasteiger partial charge is 0.416 e.